The molecule has 3 aromatic rings. The second kappa shape index (κ2) is 8.75. The van der Waals surface area contributed by atoms with E-state index in [1.54, 1.807) is 23.1 Å². The van der Waals surface area contributed by atoms with Crippen LogP contribution in [0, 0.1) is 0 Å². The smallest absolute Gasteiger partial charge is 0.325 e. The fourth-order valence-corrected chi connectivity index (χ4v) is 5.66. The van der Waals surface area contributed by atoms with Crippen molar-refractivity contribution in [2.75, 3.05) is 36.0 Å². The highest BCUT2D eigenvalue weighted by Crippen LogP contribution is 2.46. The third-order valence-corrected chi connectivity index (χ3v) is 7.53. The quantitative estimate of drug-likeness (QED) is 0.543. The van der Waals surface area contributed by atoms with E-state index in [0.717, 1.165) is 18.7 Å². The molecule has 8 heteroatoms. The summed E-state index contributed by atoms with van der Waals surface area (Å²) in [6.45, 7) is 4.85. The van der Waals surface area contributed by atoms with Crippen LogP contribution >= 0.6 is 11.6 Å². The maximum absolute atomic E-state index is 13.2. The van der Waals surface area contributed by atoms with Crippen LogP contribution in [0.5, 0.6) is 5.75 Å². The van der Waals surface area contributed by atoms with E-state index in [9.17, 15) is 9.59 Å². The molecule has 1 N–H and O–H groups in total. The number of anilines is 2. The van der Waals surface area contributed by atoms with Crippen LogP contribution in [0.2, 0.25) is 5.02 Å². The SMILES string of the molecule is C[C@@]12C[C@@H](NC(=O)N1c1ccc(C(=O)N3CCN(c4ccccc4)CC3)cc1)c1cc(Cl)ccc1O2. The second-order valence-electron chi connectivity index (χ2n) is 9.66. The van der Waals surface area contributed by atoms with Crippen molar-refractivity contribution in [1.29, 1.82) is 0 Å². The number of rotatable bonds is 3. The first-order valence-electron chi connectivity index (χ1n) is 12.2. The van der Waals surface area contributed by atoms with Crippen LogP contribution in [0.25, 0.3) is 0 Å². The van der Waals surface area contributed by atoms with E-state index in [-0.39, 0.29) is 18.0 Å². The van der Waals surface area contributed by atoms with Gasteiger partial charge in [-0.25, -0.2) is 4.79 Å². The molecule has 3 amide bonds. The van der Waals surface area contributed by atoms with Gasteiger partial charge in [-0.15, -0.1) is 0 Å². The Bertz CT molecular complexity index is 1310. The van der Waals surface area contributed by atoms with Crippen molar-refractivity contribution in [3.8, 4) is 5.75 Å². The number of carbonyl (C=O) groups excluding carboxylic acids is 2. The van der Waals surface area contributed by atoms with E-state index < -0.39 is 5.72 Å². The number of nitrogens with zero attached hydrogens (tertiary/aromatic N) is 3. The minimum Gasteiger partial charge on any atom is -0.467 e. The largest absolute Gasteiger partial charge is 0.467 e. The first kappa shape index (κ1) is 22.7. The van der Waals surface area contributed by atoms with Crippen molar-refractivity contribution in [2.24, 2.45) is 0 Å². The van der Waals surface area contributed by atoms with Crippen LogP contribution in [0.4, 0.5) is 16.2 Å². The molecule has 3 aliphatic heterocycles. The number of piperazine rings is 1. The minimum absolute atomic E-state index is 0.00311. The Kier molecular flexibility index (Phi) is 5.52. The summed E-state index contributed by atoms with van der Waals surface area (Å²) in [7, 11) is 0. The molecule has 0 spiro atoms. The van der Waals surface area contributed by atoms with Gasteiger partial charge in [-0.1, -0.05) is 29.8 Å². The number of para-hydroxylation sites is 1. The summed E-state index contributed by atoms with van der Waals surface area (Å²) in [6, 6.07) is 22.6. The molecule has 3 aromatic carbocycles. The van der Waals surface area contributed by atoms with Crippen LogP contribution in [-0.4, -0.2) is 48.7 Å². The van der Waals surface area contributed by atoms with Gasteiger partial charge in [-0.3, -0.25) is 9.69 Å². The van der Waals surface area contributed by atoms with Crippen molar-refractivity contribution in [3.05, 3.63) is 88.9 Å². The Labute approximate surface area is 215 Å². The number of amides is 3. The normalized spacial score (nSPS) is 23.0. The van der Waals surface area contributed by atoms with Gasteiger partial charge in [0, 0.05) is 60.1 Å². The first-order valence-corrected chi connectivity index (χ1v) is 12.6. The zero-order valence-electron chi connectivity index (χ0n) is 20.0. The fraction of sp³-hybridized carbons (Fsp3) is 0.286. The molecule has 0 radical (unpaired) electrons. The lowest BCUT2D eigenvalue weighted by molar-refractivity contribution is 0.0379. The zero-order valence-corrected chi connectivity index (χ0v) is 20.7. The number of carbonyl (C=O) groups is 2. The monoisotopic (exact) mass is 502 g/mol. The van der Waals surface area contributed by atoms with E-state index in [1.807, 2.05) is 54.3 Å². The Balaban J connectivity index is 1.17. The van der Waals surface area contributed by atoms with Crippen molar-refractivity contribution in [2.45, 2.75) is 25.1 Å². The van der Waals surface area contributed by atoms with Crippen molar-refractivity contribution >= 4 is 34.9 Å². The van der Waals surface area contributed by atoms with Crippen molar-refractivity contribution < 1.29 is 14.3 Å². The van der Waals surface area contributed by atoms with Crippen molar-refractivity contribution in [3.63, 3.8) is 0 Å². The Morgan fingerprint density at radius 2 is 1.69 bits per heavy atom. The molecule has 0 saturated carbocycles. The number of hydrogen-bond acceptors (Lipinski definition) is 4. The number of nitrogens with one attached hydrogen (secondary N) is 1. The molecule has 2 fully saturated rings. The number of halogens is 1. The van der Waals surface area contributed by atoms with Gasteiger partial charge >= 0.3 is 6.03 Å². The van der Waals surface area contributed by atoms with Gasteiger partial charge in [-0.05, 0) is 61.5 Å². The molecule has 3 heterocycles. The number of fused-ring (bicyclic) bond motifs is 4. The van der Waals surface area contributed by atoms with Crippen LogP contribution in [-0.2, 0) is 0 Å². The topological polar surface area (TPSA) is 65.1 Å². The highest BCUT2D eigenvalue weighted by Gasteiger charge is 2.49. The lowest BCUT2D eigenvalue weighted by Gasteiger charge is -2.50. The number of ether oxygens (including phenoxy) is 1. The molecule has 2 saturated heterocycles. The molecule has 184 valence electrons. The Morgan fingerprint density at radius 1 is 0.972 bits per heavy atom. The highest BCUT2D eigenvalue weighted by molar-refractivity contribution is 6.30. The third-order valence-electron chi connectivity index (χ3n) is 7.29. The Morgan fingerprint density at radius 3 is 2.42 bits per heavy atom. The van der Waals surface area contributed by atoms with E-state index >= 15 is 0 Å². The second-order valence-corrected chi connectivity index (χ2v) is 10.1. The molecule has 2 bridgehead atoms. The first-order chi connectivity index (χ1) is 17.4. The summed E-state index contributed by atoms with van der Waals surface area (Å²) in [4.78, 5) is 32.1. The van der Waals surface area contributed by atoms with E-state index in [0.29, 0.717) is 41.5 Å². The van der Waals surface area contributed by atoms with Gasteiger partial charge in [0.15, 0.2) is 5.72 Å². The molecule has 0 aromatic heterocycles. The van der Waals surface area contributed by atoms with Gasteiger partial charge in [-0.2, -0.15) is 0 Å². The average Bonchev–Trinajstić information content (AvgIpc) is 2.89. The maximum atomic E-state index is 13.2. The lowest BCUT2D eigenvalue weighted by atomic mass is 9.90. The average molecular weight is 503 g/mol. The number of hydrogen-bond donors (Lipinski definition) is 1. The maximum Gasteiger partial charge on any atom is 0.325 e. The predicted octanol–water partition coefficient (Wildman–Crippen LogP) is 5.07. The van der Waals surface area contributed by atoms with Gasteiger partial charge in [0.05, 0.1) is 6.04 Å². The van der Waals surface area contributed by atoms with E-state index in [2.05, 4.69) is 22.3 Å². The molecule has 7 nitrogen and oxygen atoms in total. The highest BCUT2D eigenvalue weighted by atomic mass is 35.5. The summed E-state index contributed by atoms with van der Waals surface area (Å²) in [6.07, 6.45) is 0.582. The molecule has 36 heavy (non-hydrogen) atoms. The number of urea groups is 1. The van der Waals surface area contributed by atoms with E-state index in [4.69, 9.17) is 16.3 Å². The molecule has 0 aliphatic carbocycles. The Hall–Kier alpha value is -3.71. The van der Waals surface area contributed by atoms with E-state index in [1.165, 1.54) is 5.69 Å². The summed E-state index contributed by atoms with van der Waals surface area (Å²) in [5.74, 6) is 0.716. The van der Waals surface area contributed by atoms with Crippen LogP contribution in [0.1, 0.15) is 35.3 Å². The van der Waals surface area contributed by atoms with Gasteiger partial charge in [0.1, 0.15) is 5.75 Å². The molecule has 2 atom stereocenters. The van der Waals surface area contributed by atoms with Crippen molar-refractivity contribution in [1.82, 2.24) is 10.2 Å². The predicted molar refractivity (Wildman–Crippen MR) is 140 cm³/mol. The molecular weight excluding hydrogens is 476 g/mol. The fourth-order valence-electron chi connectivity index (χ4n) is 5.48. The zero-order chi connectivity index (χ0) is 24.9. The van der Waals surface area contributed by atoms with Gasteiger partial charge < -0.3 is 19.9 Å². The van der Waals surface area contributed by atoms with Gasteiger partial charge in [0.2, 0.25) is 0 Å². The minimum atomic E-state index is -0.854. The summed E-state index contributed by atoms with van der Waals surface area (Å²) >= 11 is 6.17. The molecule has 3 aliphatic rings. The van der Waals surface area contributed by atoms with Crippen LogP contribution in [0.15, 0.2) is 72.8 Å². The summed E-state index contributed by atoms with van der Waals surface area (Å²) in [5, 5.41) is 3.69. The third kappa shape index (κ3) is 3.93. The number of benzene rings is 3. The van der Waals surface area contributed by atoms with Gasteiger partial charge in [0.25, 0.3) is 5.91 Å². The lowest BCUT2D eigenvalue weighted by Crippen LogP contribution is -2.65. The molecule has 0 unspecified atom stereocenters. The van der Waals surface area contributed by atoms with Crippen LogP contribution in [0.3, 0.4) is 0 Å². The standard InChI is InChI=1S/C28H27ClN4O3/c1-28-18-24(23-17-20(29)9-12-25(23)36-28)30-27(35)33(28)22-10-7-19(8-11-22)26(34)32-15-13-31(14-16-32)21-5-3-2-4-6-21/h2-12,17,24H,13-16,18H2,1H3,(H,30,35)/t24-,28-/m1/s1. The molecule has 6 rings (SSSR count). The van der Waals surface area contributed by atoms with Crippen LogP contribution < -0.4 is 19.9 Å². The summed E-state index contributed by atoms with van der Waals surface area (Å²) < 4.78 is 6.33. The molecular formula is C28H27ClN4O3. The summed E-state index contributed by atoms with van der Waals surface area (Å²) in [5.41, 5.74) is 2.50.